The van der Waals surface area contributed by atoms with Gasteiger partial charge in [-0.2, -0.15) is 8.78 Å². The van der Waals surface area contributed by atoms with Crippen molar-refractivity contribution in [3.05, 3.63) is 24.3 Å². The summed E-state index contributed by atoms with van der Waals surface area (Å²) < 4.78 is 35.7. The average molecular weight is 287 g/mol. The highest BCUT2D eigenvalue weighted by atomic mass is 35.5. The van der Waals surface area contributed by atoms with Gasteiger partial charge >= 0.3 is 6.11 Å². The third-order valence-electron chi connectivity index (χ3n) is 1.70. The molecule has 0 unspecified atom stereocenters. The van der Waals surface area contributed by atoms with Crippen molar-refractivity contribution in [2.75, 3.05) is 13.2 Å². The van der Waals surface area contributed by atoms with Gasteiger partial charge < -0.3 is 14.6 Å². The first-order chi connectivity index (χ1) is 7.97. The predicted octanol–water partition coefficient (Wildman–Crippen LogP) is 2.83. The fourth-order valence-electron chi connectivity index (χ4n) is 1.00. The van der Waals surface area contributed by atoms with Crippen LogP contribution in [0.15, 0.2) is 24.3 Å². The second kappa shape index (κ2) is 6.23. The Bertz CT molecular complexity index is 361. The molecule has 0 heterocycles. The summed E-state index contributed by atoms with van der Waals surface area (Å²) >= 11 is 10.2. The molecule has 0 spiro atoms. The maximum absolute atomic E-state index is 13.1. The second-order valence-electron chi connectivity index (χ2n) is 2.98. The van der Waals surface area contributed by atoms with Crippen LogP contribution < -0.4 is 9.47 Å². The minimum atomic E-state index is -3.72. The van der Waals surface area contributed by atoms with Crippen LogP contribution in [0, 0.1) is 0 Å². The van der Waals surface area contributed by atoms with Gasteiger partial charge in [0.05, 0.1) is 6.61 Å². The first-order valence-corrected chi connectivity index (χ1v) is 5.52. The van der Waals surface area contributed by atoms with Crippen LogP contribution in [0.3, 0.4) is 0 Å². The van der Waals surface area contributed by atoms with Gasteiger partial charge in [-0.15, -0.1) is 0 Å². The highest BCUT2D eigenvalue weighted by Gasteiger charge is 2.40. The van der Waals surface area contributed by atoms with Crippen molar-refractivity contribution in [1.29, 1.82) is 0 Å². The van der Waals surface area contributed by atoms with Crippen LogP contribution in [-0.4, -0.2) is 29.3 Å². The van der Waals surface area contributed by atoms with Gasteiger partial charge in [-0.3, -0.25) is 0 Å². The van der Waals surface area contributed by atoms with Crippen LogP contribution in [0.1, 0.15) is 0 Å². The van der Waals surface area contributed by atoms with Gasteiger partial charge in [-0.25, -0.2) is 0 Å². The van der Waals surface area contributed by atoms with E-state index in [1.54, 1.807) is 6.07 Å². The number of hydrogen-bond acceptors (Lipinski definition) is 3. The van der Waals surface area contributed by atoms with Crippen molar-refractivity contribution < 1.29 is 23.4 Å². The number of benzene rings is 1. The molecule has 0 bridgehead atoms. The summed E-state index contributed by atoms with van der Waals surface area (Å²) in [5.74, 6) is -0.118. The van der Waals surface area contributed by atoms with E-state index in [2.05, 4.69) is 4.74 Å². The van der Waals surface area contributed by atoms with Crippen molar-refractivity contribution in [1.82, 2.24) is 0 Å². The summed E-state index contributed by atoms with van der Waals surface area (Å²) in [6.45, 7) is -0.268. The molecule has 17 heavy (non-hydrogen) atoms. The number of hydrogen-bond donors (Lipinski definition) is 1. The summed E-state index contributed by atoms with van der Waals surface area (Å²) in [5, 5.41) is 8.58. The van der Waals surface area contributed by atoms with Gasteiger partial charge in [0.15, 0.2) is 11.5 Å². The van der Waals surface area contributed by atoms with E-state index in [-0.39, 0.29) is 24.7 Å². The third kappa shape index (κ3) is 4.18. The second-order valence-corrected chi connectivity index (χ2v) is 4.08. The summed E-state index contributed by atoms with van der Waals surface area (Å²) in [4.78, 5) is -1.99. The Balaban J connectivity index is 2.83. The number of halogens is 4. The Morgan fingerprint density at radius 1 is 1.24 bits per heavy atom. The fraction of sp³-hybridized carbons (Fsp3) is 0.400. The topological polar surface area (TPSA) is 38.7 Å². The third-order valence-corrected chi connectivity index (χ3v) is 2.21. The molecule has 0 saturated carbocycles. The number of aliphatic hydroxyl groups excluding tert-OH is 1. The molecule has 7 heteroatoms. The van der Waals surface area contributed by atoms with Crippen molar-refractivity contribution in [2.24, 2.45) is 0 Å². The molecule has 0 saturated heterocycles. The molecule has 0 aliphatic rings. The smallest absolute Gasteiger partial charge is 0.428 e. The Kier molecular flexibility index (Phi) is 5.24. The molecule has 0 atom stereocenters. The Morgan fingerprint density at radius 3 is 2.35 bits per heavy atom. The number of aliphatic hydroxyl groups is 1. The maximum Gasteiger partial charge on any atom is 0.428 e. The van der Waals surface area contributed by atoms with Crippen LogP contribution in [0.4, 0.5) is 8.78 Å². The maximum atomic E-state index is 13.1. The van der Waals surface area contributed by atoms with E-state index in [0.29, 0.717) is 0 Å². The van der Waals surface area contributed by atoms with E-state index in [1.807, 2.05) is 0 Å². The molecule has 1 aromatic rings. The zero-order valence-corrected chi connectivity index (χ0v) is 10.1. The fourth-order valence-corrected chi connectivity index (χ4v) is 1.09. The van der Waals surface area contributed by atoms with E-state index in [4.69, 9.17) is 33.0 Å². The summed E-state index contributed by atoms with van der Waals surface area (Å²) in [6.07, 6.45) is -3.72. The van der Waals surface area contributed by atoms with Crippen LogP contribution in [0.2, 0.25) is 0 Å². The lowest BCUT2D eigenvalue weighted by Gasteiger charge is -2.20. The molecule has 1 N–H and O–H groups in total. The minimum Gasteiger partial charge on any atom is -0.487 e. The van der Waals surface area contributed by atoms with Gasteiger partial charge in [-0.05, 0) is 12.1 Å². The molecular formula is C10H10Cl2F2O3. The van der Waals surface area contributed by atoms with E-state index >= 15 is 0 Å². The molecule has 96 valence electrons. The monoisotopic (exact) mass is 286 g/mol. The lowest BCUT2D eigenvalue weighted by Crippen LogP contribution is -2.32. The van der Waals surface area contributed by atoms with E-state index in [0.717, 1.165) is 0 Å². The molecule has 1 aromatic carbocycles. The molecule has 0 aromatic heterocycles. The predicted molar refractivity (Wildman–Crippen MR) is 60.1 cm³/mol. The van der Waals surface area contributed by atoms with Gasteiger partial charge in [0, 0.05) is 0 Å². The van der Waals surface area contributed by atoms with E-state index in [1.165, 1.54) is 18.2 Å². The van der Waals surface area contributed by atoms with Crippen LogP contribution >= 0.6 is 23.2 Å². The van der Waals surface area contributed by atoms with Crippen molar-refractivity contribution in [3.8, 4) is 11.5 Å². The molecule has 0 radical (unpaired) electrons. The first-order valence-electron chi connectivity index (χ1n) is 4.65. The average Bonchev–Trinajstić information content (AvgIpc) is 2.27. The van der Waals surface area contributed by atoms with Gasteiger partial charge in [0.25, 0.3) is 0 Å². The molecule has 0 amide bonds. The van der Waals surface area contributed by atoms with Gasteiger partial charge in [-0.1, -0.05) is 35.3 Å². The summed E-state index contributed by atoms with van der Waals surface area (Å²) in [5.41, 5.74) is 0. The molecule has 0 aliphatic heterocycles. The number of alkyl halides is 4. The van der Waals surface area contributed by atoms with Crippen molar-refractivity contribution >= 4 is 23.2 Å². The Hall–Kier alpha value is -0.780. The quantitative estimate of drug-likeness (QED) is 0.818. The normalized spacial score (nSPS) is 11.6. The molecule has 0 fully saturated rings. The van der Waals surface area contributed by atoms with Crippen LogP contribution in [0.25, 0.3) is 0 Å². The van der Waals surface area contributed by atoms with Crippen molar-refractivity contribution in [3.63, 3.8) is 0 Å². The van der Waals surface area contributed by atoms with Gasteiger partial charge in [0.1, 0.15) is 6.61 Å². The number of rotatable bonds is 6. The highest BCUT2D eigenvalue weighted by molar-refractivity contribution is 6.44. The van der Waals surface area contributed by atoms with E-state index in [9.17, 15) is 8.78 Å². The SMILES string of the molecule is OCCOc1ccccc1OC(F)(F)C(Cl)Cl. The van der Waals surface area contributed by atoms with Crippen LogP contribution in [-0.2, 0) is 0 Å². The number of para-hydroxylation sites is 2. The van der Waals surface area contributed by atoms with Gasteiger partial charge in [0.2, 0.25) is 4.84 Å². The molecule has 0 aliphatic carbocycles. The molecule has 3 nitrogen and oxygen atoms in total. The standard InChI is InChI=1S/C10H10Cl2F2O3/c11-9(12)10(13,14)17-8-4-2-1-3-7(8)16-6-5-15/h1-4,9,15H,5-6H2. The van der Waals surface area contributed by atoms with Crippen LogP contribution in [0.5, 0.6) is 11.5 Å². The summed E-state index contributed by atoms with van der Waals surface area (Å²) in [7, 11) is 0. The zero-order chi connectivity index (χ0) is 12.9. The summed E-state index contributed by atoms with van der Waals surface area (Å²) in [6, 6.07) is 5.79. The molecule has 1 rings (SSSR count). The first kappa shape index (κ1) is 14.3. The largest absolute Gasteiger partial charge is 0.487 e. The lowest BCUT2D eigenvalue weighted by molar-refractivity contribution is -0.164. The van der Waals surface area contributed by atoms with Crippen molar-refractivity contribution in [2.45, 2.75) is 10.9 Å². The Labute approximate surface area is 107 Å². The molecular weight excluding hydrogens is 277 g/mol. The Morgan fingerprint density at radius 2 is 1.82 bits per heavy atom. The van der Waals surface area contributed by atoms with E-state index < -0.39 is 10.9 Å². The zero-order valence-electron chi connectivity index (χ0n) is 8.58. The lowest BCUT2D eigenvalue weighted by atomic mass is 10.3. The highest BCUT2D eigenvalue weighted by Crippen LogP contribution is 2.35. The number of ether oxygens (including phenoxy) is 2. The minimum absolute atomic E-state index is 0.0306.